The highest BCUT2D eigenvalue weighted by atomic mass is 19.4. The zero-order valence-electron chi connectivity index (χ0n) is 19.3. The van der Waals surface area contributed by atoms with Gasteiger partial charge in [0.15, 0.2) is 0 Å². The molecule has 0 heterocycles. The Balaban J connectivity index is 1.66. The summed E-state index contributed by atoms with van der Waals surface area (Å²) in [7, 11) is 0. The molecule has 3 rings (SSSR count). The minimum atomic E-state index is -4.83. The zero-order chi connectivity index (χ0) is 26.3. The van der Waals surface area contributed by atoms with Gasteiger partial charge >= 0.3 is 12.3 Å². The standard InChI is InChI=1S/C26H24F3N3O4/c1-16-14-19(10-11-20(16)21-4-2-3-5-22(21)36-26(27,28)29)25(35)32-24(30)18-8-6-17(7-9-18)15-31-13-12-23(33)34/h2-11,14,31H,12-13,15H2,1H3,(H,33,34)(H2,30,32,35). The largest absolute Gasteiger partial charge is 0.573 e. The van der Waals surface area contributed by atoms with Crippen LogP contribution < -0.4 is 15.4 Å². The number of amides is 1. The van der Waals surface area contributed by atoms with Crippen molar-refractivity contribution >= 4 is 17.7 Å². The number of ether oxygens (including phenoxy) is 1. The lowest BCUT2D eigenvalue weighted by molar-refractivity contribution is -0.274. The lowest BCUT2D eigenvalue weighted by Crippen LogP contribution is -2.30. The third-order valence-electron chi connectivity index (χ3n) is 5.22. The molecule has 0 unspecified atom stereocenters. The Hall–Kier alpha value is -4.18. The monoisotopic (exact) mass is 499 g/mol. The number of benzene rings is 3. The van der Waals surface area contributed by atoms with E-state index in [0.717, 1.165) is 5.56 Å². The summed E-state index contributed by atoms with van der Waals surface area (Å²) in [5, 5.41) is 22.4. The summed E-state index contributed by atoms with van der Waals surface area (Å²) >= 11 is 0. The molecule has 0 aliphatic rings. The number of alkyl halides is 3. The number of aryl methyl sites for hydroxylation is 1. The number of rotatable bonds is 9. The molecule has 1 amide bonds. The molecule has 0 aliphatic carbocycles. The Morgan fingerprint density at radius 3 is 2.28 bits per heavy atom. The molecule has 3 aromatic carbocycles. The van der Waals surface area contributed by atoms with Crippen LogP contribution in [0.5, 0.6) is 5.75 Å². The number of carbonyl (C=O) groups excluding carboxylic acids is 1. The third-order valence-corrected chi connectivity index (χ3v) is 5.22. The van der Waals surface area contributed by atoms with Gasteiger partial charge in [-0.05, 0) is 41.8 Å². The van der Waals surface area contributed by atoms with Crippen LogP contribution in [0.25, 0.3) is 11.1 Å². The van der Waals surface area contributed by atoms with Gasteiger partial charge in [0.25, 0.3) is 5.91 Å². The van der Waals surface area contributed by atoms with Gasteiger partial charge in [0, 0.05) is 29.8 Å². The molecule has 4 N–H and O–H groups in total. The highest BCUT2D eigenvalue weighted by Crippen LogP contribution is 2.35. The SMILES string of the molecule is Cc1cc(C(=O)NC(=N)c2ccc(CNCCC(=O)O)cc2)ccc1-c1ccccc1OC(F)(F)F. The molecular formula is C26H24F3N3O4. The smallest absolute Gasteiger partial charge is 0.481 e. The summed E-state index contributed by atoms with van der Waals surface area (Å²) in [4.78, 5) is 23.2. The van der Waals surface area contributed by atoms with Gasteiger partial charge in [-0.1, -0.05) is 48.5 Å². The van der Waals surface area contributed by atoms with Crippen molar-refractivity contribution in [2.75, 3.05) is 6.54 Å². The van der Waals surface area contributed by atoms with E-state index in [9.17, 15) is 22.8 Å². The van der Waals surface area contributed by atoms with Crippen molar-refractivity contribution in [3.63, 3.8) is 0 Å². The van der Waals surface area contributed by atoms with Crippen LogP contribution >= 0.6 is 0 Å². The number of hydrogen-bond donors (Lipinski definition) is 4. The number of amidine groups is 1. The van der Waals surface area contributed by atoms with E-state index in [1.807, 2.05) is 0 Å². The van der Waals surface area contributed by atoms with Crippen LogP contribution in [0.1, 0.15) is 33.5 Å². The molecule has 0 radical (unpaired) electrons. The predicted octanol–water partition coefficient (Wildman–Crippen LogP) is 4.88. The third kappa shape index (κ3) is 7.41. The molecule has 0 aromatic heterocycles. The van der Waals surface area contributed by atoms with Gasteiger partial charge < -0.3 is 20.5 Å². The first kappa shape index (κ1) is 26.4. The van der Waals surface area contributed by atoms with Crippen LogP contribution in [-0.4, -0.2) is 35.7 Å². The molecule has 10 heteroatoms. The van der Waals surface area contributed by atoms with E-state index in [1.54, 1.807) is 43.3 Å². The number of para-hydroxylation sites is 1. The van der Waals surface area contributed by atoms with Crippen LogP contribution in [0.4, 0.5) is 13.2 Å². The number of hydrogen-bond acceptors (Lipinski definition) is 5. The Kier molecular flexibility index (Phi) is 8.44. The number of carboxylic acid groups (broad SMARTS) is 1. The van der Waals surface area contributed by atoms with Gasteiger partial charge in [0.1, 0.15) is 11.6 Å². The number of aliphatic carboxylic acids is 1. The van der Waals surface area contributed by atoms with Crippen LogP contribution in [0.3, 0.4) is 0 Å². The first-order valence-corrected chi connectivity index (χ1v) is 10.9. The highest BCUT2D eigenvalue weighted by molar-refractivity contribution is 6.11. The molecule has 3 aromatic rings. The fraction of sp³-hybridized carbons (Fsp3) is 0.192. The van der Waals surface area contributed by atoms with Crippen molar-refractivity contribution in [3.05, 3.63) is 89.0 Å². The van der Waals surface area contributed by atoms with Crippen molar-refractivity contribution in [3.8, 4) is 16.9 Å². The predicted molar refractivity (Wildman–Crippen MR) is 128 cm³/mol. The molecule has 0 saturated carbocycles. The van der Waals surface area contributed by atoms with Gasteiger partial charge in [0.2, 0.25) is 0 Å². The molecule has 0 aliphatic heterocycles. The Morgan fingerprint density at radius 1 is 0.972 bits per heavy atom. The quantitative estimate of drug-likeness (QED) is 0.191. The lowest BCUT2D eigenvalue weighted by atomic mass is 9.97. The van der Waals surface area contributed by atoms with Crippen LogP contribution in [0.15, 0.2) is 66.7 Å². The zero-order valence-corrected chi connectivity index (χ0v) is 19.3. The highest BCUT2D eigenvalue weighted by Gasteiger charge is 2.32. The second-order valence-corrected chi connectivity index (χ2v) is 7.92. The Labute approximate surface area is 205 Å². The molecule has 0 bridgehead atoms. The van der Waals surface area contributed by atoms with Crippen LogP contribution in [0, 0.1) is 12.3 Å². The fourth-order valence-corrected chi connectivity index (χ4v) is 3.49. The van der Waals surface area contributed by atoms with E-state index < -0.39 is 18.2 Å². The molecule has 0 spiro atoms. The van der Waals surface area contributed by atoms with Crippen molar-refractivity contribution in [2.45, 2.75) is 26.3 Å². The summed E-state index contributed by atoms with van der Waals surface area (Å²) in [5.74, 6) is -1.87. The minimum Gasteiger partial charge on any atom is -0.481 e. The Morgan fingerprint density at radius 2 is 1.64 bits per heavy atom. The second kappa shape index (κ2) is 11.5. The lowest BCUT2D eigenvalue weighted by Gasteiger charge is -2.15. The Bertz CT molecular complexity index is 1260. The average molecular weight is 499 g/mol. The molecule has 0 fully saturated rings. The number of nitrogens with one attached hydrogen (secondary N) is 3. The maximum Gasteiger partial charge on any atom is 0.573 e. The van der Waals surface area contributed by atoms with Gasteiger partial charge in [-0.15, -0.1) is 13.2 Å². The number of carbonyl (C=O) groups is 2. The first-order chi connectivity index (χ1) is 17.0. The van der Waals surface area contributed by atoms with Gasteiger partial charge in [-0.25, -0.2) is 0 Å². The van der Waals surface area contributed by atoms with Gasteiger partial charge in [-0.3, -0.25) is 15.0 Å². The van der Waals surface area contributed by atoms with Crippen LogP contribution in [-0.2, 0) is 11.3 Å². The molecule has 188 valence electrons. The van der Waals surface area contributed by atoms with Crippen molar-refractivity contribution in [2.24, 2.45) is 0 Å². The molecule has 0 saturated heterocycles. The van der Waals surface area contributed by atoms with Crippen molar-refractivity contribution in [1.29, 1.82) is 5.41 Å². The van der Waals surface area contributed by atoms with E-state index in [1.165, 1.54) is 30.3 Å². The van der Waals surface area contributed by atoms with Crippen molar-refractivity contribution < 1.29 is 32.6 Å². The van der Waals surface area contributed by atoms with E-state index in [4.69, 9.17) is 10.5 Å². The normalized spacial score (nSPS) is 11.1. The maximum absolute atomic E-state index is 12.8. The van der Waals surface area contributed by atoms with Crippen LogP contribution in [0.2, 0.25) is 0 Å². The fourth-order valence-electron chi connectivity index (χ4n) is 3.49. The van der Waals surface area contributed by atoms with Crippen molar-refractivity contribution in [1.82, 2.24) is 10.6 Å². The van der Waals surface area contributed by atoms with Gasteiger partial charge in [-0.2, -0.15) is 0 Å². The van der Waals surface area contributed by atoms with E-state index in [-0.39, 0.29) is 29.1 Å². The maximum atomic E-state index is 12.8. The summed E-state index contributed by atoms with van der Waals surface area (Å²) < 4.78 is 42.4. The first-order valence-electron chi connectivity index (χ1n) is 10.9. The molecular weight excluding hydrogens is 475 g/mol. The number of halogens is 3. The summed E-state index contributed by atoms with van der Waals surface area (Å²) in [6, 6.07) is 17.2. The second-order valence-electron chi connectivity index (χ2n) is 7.92. The molecule has 7 nitrogen and oxygen atoms in total. The number of carboxylic acids is 1. The average Bonchev–Trinajstić information content (AvgIpc) is 2.81. The topological polar surface area (TPSA) is 112 Å². The molecule has 0 atom stereocenters. The van der Waals surface area contributed by atoms with E-state index >= 15 is 0 Å². The van der Waals surface area contributed by atoms with E-state index in [0.29, 0.717) is 29.8 Å². The van der Waals surface area contributed by atoms with Gasteiger partial charge in [0.05, 0.1) is 6.42 Å². The minimum absolute atomic E-state index is 0.0169. The molecule has 36 heavy (non-hydrogen) atoms. The summed E-state index contributed by atoms with van der Waals surface area (Å²) in [6.45, 7) is 2.48. The summed E-state index contributed by atoms with van der Waals surface area (Å²) in [6.07, 6.45) is -4.82. The summed E-state index contributed by atoms with van der Waals surface area (Å²) in [5.41, 5.74) is 2.90. The van der Waals surface area contributed by atoms with E-state index in [2.05, 4.69) is 15.4 Å².